The zero-order valence-corrected chi connectivity index (χ0v) is 17.3. The Bertz CT molecular complexity index is 977. The normalized spacial score (nSPS) is 16.3. The Morgan fingerprint density at radius 2 is 2.03 bits per heavy atom. The Morgan fingerprint density at radius 1 is 1.17 bits per heavy atom. The van der Waals surface area contributed by atoms with Crippen LogP contribution in [0.4, 0.5) is 5.69 Å². The molecule has 1 atom stereocenters. The minimum atomic E-state index is -0.197. The highest BCUT2D eigenvalue weighted by molar-refractivity contribution is 7.07. The first kappa shape index (κ1) is 20.2. The molecule has 1 fully saturated rings. The topological polar surface area (TPSA) is 88.1 Å². The number of rotatable bonds is 6. The molecule has 3 aromatic rings. The maximum atomic E-state index is 12.8. The fourth-order valence-corrected chi connectivity index (χ4v) is 4.15. The van der Waals surface area contributed by atoms with E-state index in [0.717, 1.165) is 35.5 Å². The standard InChI is InChI=1S/C22H23N5O2S/c28-21(8-7-19-12-23-9-10-24-19)27-11-1-2-17(13-27)22(29)26-18-5-3-16(4-6-18)20-14-30-15-25-20/h3-6,9-10,12,14-15,17H,1-2,7-8,11,13H2,(H,26,29)/t17-/m1/s1. The minimum absolute atomic E-state index is 0.0390. The Labute approximate surface area is 179 Å². The summed E-state index contributed by atoms with van der Waals surface area (Å²) in [6.07, 6.45) is 7.49. The van der Waals surface area contributed by atoms with Crippen LogP contribution in [0, 0.1) is 5.92 Å². The highest BCUT2D eigenvalue weighted by atomic mass is 32.1. The molecule has 1 aliphatic heterocycles. The van der Waals surface area contributed by atoms with Crippen LogP contribution < -0.4 is 5.32 Å². The fourth-order valence-electron chi connectivity index (χ4n) is 3.59. The van der Waals surface area contributed by atoms with E-state index in [2.05, 4.69) is 20.3 Å². The number of carbonyl (C=O) groups excluding carboxylic acids is 2. The molecule has 2 aromatic heterocycles. The van der Waals surface area contributed by atoms with E-state index in [9.17, 15) is 9.59 Å². The van der Waals surface area contributed by atoms with Crippen molar-refractivity contribution >= 4 is 28.8 Å². The molecule has 7 nitrogen and oxygen atoms in total. The quantitative estimate of drug-likeness (QED) is 0.659. The van der Waals surface area contributed by atoms with Gasteiger partial charge in [-0.2, -0.15) is 0 Å². The highest BCUT2D eigenvalue weighted by Gasteiger charge is 2.28. The molecule has 0 unspecified atom stereocenters. The van der Waals surface area contributed by atoms with Gasteiger partial charge in [-0.1, -0.05) is 12.1 Å². The number of nitrogens with zero attached hydrogens (tertiary/aromatic N) is 4. The van der Waals surface area contributed by atoms with Crippen LogP contribution in [0.15, 0.2) is 53.7 Å². The van der Waals surface area contributed by atoms with Crippen LogP contribution in [0.5, 0.6) is 0 Å². The second-order valence-corrected chi connectivity index (χ2v) is 8.03. The van der Waals surface area contributed by atoms with Crippen LogP contribution in [-0.2, 0) is 16.0 Å². The lowest BCUT2D eigenvalue weighted by molar-refractivity contribution is -0.134. The lowest BCUT2D eigenvalue weighted by atomic mass is 9.96. The van der Waals surface area contributed by atoms with E-state index >= 15 is 0 Å². The SMILES string of the molecule is O=C(Nc1ccc(-c2cscn2)cc1)[C@@H]1CCCN(C(=O)CCc2cnccn2)C1. The number of anilines is 1. The number of amides is 2. The van der Waals surface area contributed by atoms with Crippen molar-refractivity contribution in [2.75, 3.05) is 18.4 Å². The molecular formula is C22H23N5O2S. The second kappa shape index (κ2) is 9.58. The summed E-state index contributed by atoms with van der Waals surface area (Å²) in [5.74, 6) is -0.175. The third-order valence-corrected chi connectivity index (χ3v) is 5.82. The molecule has 0 aliphatic carbocycles. The predicted molar refractivity (Wildman–Crippen MR) is 116 cm³/mol. The Balaban J connectivity index is 1.30. The van der Waals surface area contributed by atoms with Crippen LogP contribution in [0.1, 0.15) is 25.0 Å². The van der Waals surface area contributed by atoms with Crippen LogP contribution >= 0.6 is 11.3 Å². The maximum Gasteiger partial charge on any atom is 0.229 e. The number of hydrogen-bond acceptors (Lipinski definition) is 6. The number of thiazole rings is 1. The number of benzene rings is 1. The van der Waals surface area contributed by atoms with Gasteiger partial charge < -0.3 is 10.2 Å². The molecule has 0 bridgehead atoms. The third kappa shape index (κ3) is 5.07. The molecule has 3 heterocycles. The summed E-state index contributed by atoms with van der Waals surface area (Å²) in [4.78, 5) is 39.7. The van der Waals surface area contributed by atoms with Gasteiger partial charge in [-0.3, -0.25) is 19.6 Å². The zero-order valence-electron chi connectivity index (χ0n) is 16.5. The monoisotopic (exact) mass is 421 g/mol. The van der Waals surface area contributed by atoms with Crippen LogP contribution in [0.25, 0.3) is 11.3 Å². The number of nitrogens with one attached hydrogen (secondary N) is 1. The zero-order chi connectivity index (χ0) is 20.8. The predicted octanol–water partition coefficient (Wildman–Crippen LogP) is 3.41. The summed E-state index contributed by atoms with van der Waals surface area (Å²) in [7, 11) is 0. The maximum absolute atomic E-state index is 12.8. The van der Waals surface area contributed by atoms with E-state index in [1.165, 1.54) is 0 Å². The van der Waals surface area contributed by atoms with Gasteiger partial charge in [0.1, 0.15) is 0 Å². The molecule has 0 saturated carbocycles. The second-order valence-electron chi connectivity index (χ2n) is 7.32. The van der Waals surface area contributed by atoms with Gasteiger partial charge in [0, 0.05) is 54.7 Å². The van der Waals surface area contributed by atoms with Crippen molar-refractivity contribution in [3.63, 3.8) is 0 Å². The first-order valence-electron chi connectivity index (χ1n) is 10.0. The summed E-state index contributed by atoms with van der Waals surface area (Å²) in [5, 5.41) is 4.98. The minimum Gasteiger partial charge on any atom is -0.342 e. The lowest BCUT2D eigenvalue weighted by Crippen LogP contribution is -2.43. The number of carbonyl (C=O) groups is 2. The van der Waals surface area contributed by atoms with Crippen LogP contribution in [0.2, 0.25) is 0 Å². The molecule has 1 N–H and O–H groups in total. The number of aryl methyl sites for hydroxylation is 1. The van der Waals surface area contributed by atoms with Crippen LogP contribution in [-0.4, -0.2) is 44.8 Å². The molecule has 1 saturated heterocycles. The van der Waals surface area contributed by atoms with E-state index in [1.807, 2.05) is 29.6 Å². The van der Waals surface area contributed by atoms with Crippen molar-refractivity contribution in [1.29, 1.82) is 0 Å². The first-order valence-corrected chi connectivity index (χ1v) is 11.0. The summed E-state index contributed by atoms with van der Waals surface area (Å²) >= 11 is 1.55. The van der Waals surface area contributed by atoms with Crippen molar-refractivity contribution in [2.45, 2.75) is 25.7 Å². The van der Waals surface area contributed by atoms with Gasteiger partial charge in [-0.25, -0.2) is 4.98 Å². The molecule has 4 rings (SSSR count). The molecule has 0 radical (unpaired) electrons. The van der Waals surface area contributed by atoms with Gasteiger partial charge in [-0.05, 0) is 31.4 Å². The van der Waals surface area contributed by atoms with Gasteiger partial charge in [-0.15, -0.1) is 11.3 Å². The van der Waals surface area contributed by atoms with Crippen molar-refractivity contribution in [3.8, 4) is 11.3 Å². The van der Waals surface area contributed by atoms with Gasteiger partial charge in [0.25, 0.3) is 0 Å². The van der Waals surface area contributed by atoms with Gasteiger partial charge >= 0.3 is 0 Å². The fraction of sp³-hybridized carbons (Fsp3) is 0.318. The van der Waals surface area contributed by atoms with Gasteiger partial charge in [0.05, 0.1) is 22.8 Å². The third-order valence-electron chi connectivity index (χ3n) is 5.24. The molecule has 1 aromatic carbocycles. The molecule has 30 heavy (non-hydrogen) atoms. The summed E-state index contributed by atoms with van der Waals surface area (Å²) in [6.45, 7) is 1.16. The molecule has 1 aliphatic rings. The molecule has 0 spiro atoms. The van der Waals surface area contributed by atoms with Gasteiger partial charge in [0.2, 0.25) is 11.8 Å². The number of aromatic nitrogens is 3. The molecule has 154 valence electrons. The number of piperidine rings is 1. The largest absolute Gasteiger partial charge is 0.342 e. The van der Waals surface area contributed by atoms with E-state index in [4.69, 9.17) is 0 Å². The highest BCUT2D eigenvalue weighted by Crippen LogP contribution is 2.23. The smallest absolute Gasteiger partial charge is 0.229 e. The lowest BCUT2D eigenvalue weighted by Gasteiger charge is -2.32. The summed E-state index contributed by atoms with van der Waals surface area (Å²) < 4.78 is 0. The first-order chi connectivity index (χ1) is 14.7. The number of likely N-dealkylation sites (tertiary alicyclic amines) is 1. The van der Waals surface area contributed by atoms with E-state index in [1.54, 1.807) is 40.3 Å². The van der Waals surface area contributed by atoms with Crippen molar-refractivity contribution in [3.05, 3.63) is 59.4 Å². The Kier molecular flexibility index (Phi) is 6.44. The Hall–Kier alpha value is -3.13. The average Bonchev–Trinajstić information content (AvgIpc) is 3.34. The molecular weight excluding hydrogens is 398 g/mol. The molecule has 8 heteroatoms. The Morgan fingerprint density at radius 3 is 2.77 bits per heavy atom. The van der Waals surface area contributed by atoms with Crippen molar-refractivity contribution in [2.24, 2.45) is 5.92 Å². The van der Waals surface area contributed by atoms with Crippen molar-refractivity contribution < 1.29 is 9.59 Å². The van der Waals surface area contributed by atoms with Crippen molar-refractivity contribution in [1.82, 2.24) is 19.9 Å². The molecule has 2 amide bonds. The summed E-state index contributed by atoms with van der Waals surface area (Å²) in [5.41, 5.74) is 5.31. The average molecular weight is 422 g/mol. The number of hydrogen-bond donors (Lipinski definition) is 1. The summed E-state index contributed by atoms with van der Waals surface area (Å²) in [6, 6.07) is 7.68. The van der Waals surface area contributed by atoms with Gasteiger partial charge in [0.15, 0.2) is 0 Å². The van der Waals surface area contributed by atoms with E-state index in [0.29, 0.717) is 25.9 Å². The van der Waals surface area contributed by atoms with Crippen LogP contribution in [0.3, 0.4) is 0 Å². The van der Waals surface area contributed by atoms with E-state index < -0.39 is 0 Å². The van der Waals surface area contributed by atoms with E-state index in [-0.39, 0.29) is 17.7 Å².